The molecule has 3 aromatic carbocycles. The van der Waals surface area contributed by atoms with E-state index in [1.807, 2.05) is 36.4 Å². The molecule has 0 aliphatic rings. The van der Waals surface area contributed by atoms with Crippen LogP contribution in [0.1, 0.15) is 15.9 Å². The zero-order valence-corrected chi connectivity index (χ0v) is 20.1. The maximum absolute atomic E-state index is 13.8. The van der Waals surface area contributed by atoms with Gasteiger partial charge in [0.25, 0.3) is 5.91 Å². The highest BCUT2D eigenvalue weighted by atomic mass is 16.5. The summed E-state index contributed by atoms with van der Waals surface area (Å²) < 4.78 is 27.4. The first-order valence-corrected chi connectivity index (χ1v) is 11.2. The van der Waals surface area contributed by atoms with Crippen molar-refractivity contribution in [1.29, 1.82) is 0 Å². The van der Waals surface area contributed by atoms with Crippen molar-refractivity contribution in [3.05, 3.63) is 90.4 Å². The molecular weight excluding hydrogens is 460 g/mol. The summed E-state index contributed by atoms with van der Waals surface area (Å²) in [5.74, 6) is 1.50. The number of furan rings is 1. The van der Waals surface area contributed by atoms with Crippen LogP contribution in [0.3, 0.4) is 0 Å². The molecule has 0 saturated heterocycles. The lowest BCUT2D eigenvalue weighted by Gasteiger charge is -2.20. The number of anilines is 1. The number of ether oxygens (including phenoxy) is 3. The summed E-state index contributed by atoms with van der Waals surface area (Å²) >= 11 is 0. The summed E-state index contributed by atoms with van der Waals surface area (Å²) in [7, 11) is 4.72. The fourth-order valence-electron chi connectivity index (χ4n) is 3.92. The van der Waals surface area contributed by atoms with Gasteiger partial charge in [0.2, 0.25) is 0 Å². The molecular formula is C28H24N2O6. The van der Waals surface area contributed by atoms with Gasteiger partial charge in [-0.15, -0.1) is 0 Å². The molecule has 0 spiro atoms. The first kappa shape index (κ1) is 23.0. The molecule has 0 saturated carbocycles. The average molecular weight is 485 g/mol. The molecule has 0 unspecified atom stereocenters. The van der Waals surface area contributed by atoms with Crippen molar-refractivity contribution in [2.75, 3.05) is 26.2 Å². The molecule has 36 heavy (non-hydrogen) atoms. The van der Waals surface area contributed by atoms with Crippen LogP contribution in [0.15, 0.2) is 88.1 Å². The smallest absolute Gasteiger partial charge is 0.305 e. The Morgan fingerprint density at radius 3 is 2.33 bits per heavy atom. The third-order valence-electron chi connectivity index (χ3n) is 5.78. The number of carbonyl (C=O) groups is 1. The van der Waals surface area contributed by atoms with E-state index >= 15 is 0 Å². The number of fused-ring (bicyclic) bond motifs is 1. The van der Waals surface area contributed by atoms with E-state index in [4.69, 9.17) is 23.0 Å². The minimum Gasteiger partial charge on any atom is -0.497 e. The number of rotatable bonds is 8. The summed E-state index contributed by atoms with van der Waals surface area (Å²) in [5.41, 5.74) is 4.25. The van der Waals surface area contributed by atoms with Gasteiger partial charge in [-0.1, -0.05) is 12.1 Å². The highest BCUT2D eigenvalue weighted by Gasteiger charge is 2.24. The molecule has 0 bridgehead atoms. The Kier molecular flexibility index (Phi) is 6.32. The summed E-state index contributed by atoms with van der Waals surface area (Å²) in [4.78, 5) is 19.9. The molecule has 5 aromatic rings. The second-order valence-corrected chi connectivity index (χ2v) is 8.04. The minimum atomic E-state index is -0.294. The zero-order valence-electron chi connectivity index (χ0n) is 20.1. The molecule has 0 aliphatic heterocycles. The van der Waals surface area contributed by atoms with Crippen LogP contribution in [-0.4, -0.2) is 32.2 Å². The molecule has 0 aliphatic carbocycles. The van der Waals surface area contributed by atoms with E-state index in [1.165, 1.54) is 4.90 Å². The van der Waals surface area contributed by atoms with Gasteiger partial charge < -0.3 is 23.0 Å². The van der Waals surface area contributed by atoms with Crippen LogP contribution < -0.4 is 19.1 Å². The standard InChI is InChI=1S/C28H24N2O6/c1-32-22-6-4-5-20(13-22)27(31)30(16-18-11-23(33-2)15-24(12-18)34-3)28-29-25-14-19(7-8-26(25)36-28)21-9-10-35-17-21/h4-15,17H,16H2,1-3H3. The first-order chi connectivity index (χ1) is 17.6. The van der Waals surface area contributed by atoms with E-state index in [9.17, 15) is 4.79 Å². The Labute approximate surface area is 207 Å². The molecule has 0 radical (unpaired) electrons. The van der Waals surface area contributed by atoms with Gasteiger partial charge in [0.1, 0.15) is 22.8 Å². The maximum Gasteiger partial charge on any atom is 0.305 e. The number of hydrogen-bond acceptors (Lipinski definition) is 7. The van der Waals surface area contributed by atoms with Crippen molar-refractivity contribution >= 4 is 23.0 Å². The van der Waals surface area contributed by atoms with Gasteiger partial charge in [-0.25, -0.2) is 0 Å². The van der Waals surface area contributed by atoms with Gasteiger partial charge in [-0.3, -0.25) is 9.69 Å². The van der Waals surface area contributed by atoms with Gasteiger partial charge >= 0.3 is 6.01 Å². The molecule has 5 rings (SSSR count). The number of oxazole rings is 1. The molecule has 2 aromatic heterocycles. The second-order valence-electron chi connectivity index (χ2n) is 8.04. The fourth-order valence-corrected chi connectivity index (χ4v) is 3.92. The lowest BCUT2D eigenvalue weighted by Crippen LogP contribution is -2.30. The third kappa shape index (κ3) is 4.61. The molecule has 2 heterocycles. The van der Waals surface area contributed by atoms with Crippen molar-refractivity contribution < 1.29 is 27.8 Å². The largest absolute Gasteiger partial charge is 0.497 e. The van der Waals surface area contributed by atoms with Crippen molar-refractivity contribution in [1.82, 2.24) is 4.98 Å². The van der Waals surface area contributed by atoms with Gasteiger partial charge in [-0.2, -0.15) is 4.98 Å². The summed E-state index contributed by atoms with van der Waals surface area (Å²) in [5, 5.41) is 0. The predicted molar refractivity (Wildman–Crippen MR) is 135 cm³/mol. The van der Waals surface area contributed by atoms with Crippen LogP contribution >= 0.6 is 0 Å². The van der Waals surface area contributed by atoms with Crippen molar-refractivity contribution in [2.24, 2.45) is 0 Å². The Balaban J connectivity index is 1.58. The Hall–Kier alpha value is -4.72. The zero-order chi connectivity index (χ0) is 25.1. The van der Waals surface area contributed by atoms with Gasteiger partial charge in [-0.05, 0) is 59.7 Å². The molecule has 0 N–H and O–H groups in total. The van der Waals surface area contributed by atoms with E-state index < -0.39 is 0 Å². The Bertz CT molecular complexity index is 1480. The lowest BCUT2D eigenvalue weighted by molar-refractivity contribution is 0.0979. The first-order valence-electron chi connectivity index (χ1n) is 11.2. The normalized spacial score (nSPS) is 10.9. The molecule has 1 amide bonds. The van der Waals surface area contributed by atoms with Crippen LogP contribution in [0, 0.1) is 0 Å². The van der Waals surface area contributed by atoms with Crippen LogP contribution in [0.5, 0.6) is 17.2 Å². The minimum absolute atomic E-state index is 0.170. The number of benzene rings is 3. The highest BCUT2D eigenvalue weighted by molar-refractivity contribution is 6.05. The SMILES string of the molecule is COc1cc(CN(C(=O)c2cccc(OC)c2)c2nc3cc(-c4ccoc4)ccc3o2)cc(OC)c1. The predicted octanol–water partition coefficient (Wildman–Crippen LogP) is 5.96. The number of hydrogen-bond donors (Lipinski definition) is 0. The molecule has 8 nitrogen and oxygen atoms in total. The lowest BCUT2D eigenvalue weighted by atomic mass is 10.1. The number of amides is 1. The average Bonchev–Trinajstić information content (AvgIpc) is 3.61. The van der Waals surface area contributed by atoms with Gasteiger partial charge in [0.15, 0.2) is 5.58 Å². The van der Waals surface area contributed by atoms with Crippen LogP contribution in [0.25, 0.3) is 22.2 Å². The second kappa shape index (κ2) is 9.87. The van der Waals surface area contributed by atoms with Crippen LogP contribution in [0.4, 0.5) is 6.01 Å². The summed E-state index contributed by atoms with van der Waals surface area (Å²) in [6.07, 6.45) is 3.28. The van der Waals surface area contributed by atoms with Gasteiger partial charge in [0, 0.05) is 17.2 Å². The molecule has 8 heteroatoms. The maximum atomic E-state index is 13.8. The van der Waals surface area contributed by atoms with E-state index in [0.717, 1.165) is 16.7 Å². The Morgan fingerprint density at radius 1 is 0.861 bits per heavy atom. The van der Waals surface area contributed by atoms with Crippen LogP contribution in [0.2, 0.25) is 0 Å². The quantitative estimate of drug-likeness (QED) is 0.268. The van der Waals surface area contributed by atoms with Gasteiger partial charge in [0.05, 0.1) is 40.4 Å². The molecule has 0 fully saturated rings. The number of methoxy groups -OCH3 is 3. The fraction of sp³-hybridized carbons (Fsp3) is 0.143. The van der Waals surface area contributed by atoms with E-state index in [-0.39, 0.29) is 18.5 Å². The van der Waals surface area contributed by atoms with Crippen molar-refractivity contribution in [3.63, 3.8) is 0 Å². The van der Waals surface area contributed by atoms with Crippen LogP contribution in [-0.2, 0) is 6.54 Å². The van der Waals surface area contributed by atoms with E-state index in [1.54, 1.807) is 64.2 Å². The number of nitrogens with zero attached hydrogens (tertiary/aromatic N) is 2. The highest BCUT2D eigenvalue weighted by Crippen LogP contribution is 2.31. The topological polar surface area (TPSA) is 87.2 Å². The number of carbonyl (C=O) groups excluding carboxylic acids is 1. The monoisotopic (exact) mass is 484 g/mol. The Morgan fingerprint density at radius 2 is 1.64 bits per heavy atom. The number of aromatic nitrogens is 1. The molecule has 0 atom stereocenters. The van der Waals surface area contributed by atoms with E-state index in [2.05, 4.69) is 4.98 Å². The summed E-state index contributed by atoms with van der Waals surface area (Å²) in [6.45, 7) is 0.172. The third-order valence-corrected chi connectivity index (χ3v) is 5.78. The van der Waals surface area contributed by atoms with E-state index in [0.29, 0.717) is 33.9 Å². The van der Waals surface area contributed by atoms with Crippen molar-refractivity contribution in [2.45, 2.75) is 6.54 Å². The summed E-state index contributed by atoms with van der Waals surface area (Å²) in [6, 6.07) is 20.1. The van der Waals surface area contributed by atoms with Crippen molar-refractivity contribution in [3.8, 4) is 28.4 Å². The molecule has 182 valence electrons.